The van der Waals surface area contributed by atoms with Crippen LogP contribution in [-0.2, 0) is 15.3 Å². The average molecular weight is 316 g/mol. The second-order valence-electron chi connectivity index (χ2n) is 6.20. The van der Waals surface area contributed by atoms with Crippen LogP contribution < -0.4 is 5.32 Å². The predicted octanol–water partition coefficient (Wildman–Crippen LogP) is 2.78. The molecule has 0 spiro atoms. The van der Waals surface area contributed by atoms with Gasteiger partial charge in [-0.25, -0.2) is 8.42 Å². The summed E-state index contributed by atoms with van der Waals surface area (Å²) in [6.07, 6.45) is 1.68. The van der Waals surface area contributed by atoms with E-state index in [0.29, 0.717) is 5.75 Å². The Hall–Kier alpha value is -0.580. The molecular weight excluding hydrogens is 294 g/mol. The summed E-state index contributed by atoms with van der Waals surface area (Å²) in [4.78, 5) is 0. The Labute approximate surface area is 126 Å². The first-order chi connectivity index (χ1) is 9.30. The van der Waals surface area contributed by atoms with Crippen molar-refractivity contribution in [2.75, 3.05) is 18.1 Å². The summed E-state index contributed by atoms with van der Waals surface area (Å²) in [5.41, 5.74) is 0.965. The van der Waals surface area contributed by atoms with Crippen LogP contribution in [0, 0.1) is 0 Å². The van der Waals surface area contributed by atoms with Crippen LogP contribution in [0.2, 0.25) is 5.02 Å². The molecule has 112 valence electrons. The van der Waals surface area contributed by atoms with E-state index in [1.165, 1.54) is 0 Å². The molecule has 1 aromatic rings. The smallest absolute Gasteiger partial charge is 0.151 e. The Kier molecular flexibility index (Phi) is 4.77. The highest BCUT2D eigenvalue weighted by atomic mass is 35.5. The van der Waals surface area contributed by atoms with E-state index in [1.807, 2.05) is 24.3 Å². The minimum absolute atomic E-state index is 0.0653. The zero-order valence-corrected chi connectivity index (χ0v) is 13.6. The molecule has 1 aliphatic rings. The van der Waals surface area contributed by atoms with Gasteiger partial charge in [0.25, 0.3) is 0 Å². The first kappa shape index (κ1) is 15.8. The van der Waals surface area contributed by atoms with Gasteiger partial charge in [0.05, 0.1) is 11.5 Å². The zero-order chi connectivity index (χ0) is 14.8. The summed E-state index contributed by atoms with van der Waals surface area (Å²) in [5, 5.41) is 4.17. The predicted molar refractivity (Wildman–Crippen MR) is 84.2 cm³/mol. The molecule has 1 fully saturated rings. The molecule has 0 aliphatic carbocycles. The minimum Gasteiger partial charge on any atom is -0.312 e. The average Bonchev–Trinajstić information content (AvgIpc) is 2.36. The van der Waals surface area contributed by atoms with Gasteiger partial charge in [-0.1, -0.05) is 43.6 Å². The van der Waals surface area contributed by atoms with E-state index in [1.54, 1.807) is 0 Å². The van der Waals surface area contributed by atoms with Crippen molar-refractivity contribution < 1.29 is 8.42 Å². The number of nitrogens with one attached hydrogen (secondary N) is 1. The molecule has 5 heteroatoms. The Morgan fingerprint density at radius 1 is 1.35 bits per heavy atom. The fourth-order valence-corrected chi connectivity index (χ4v) is 4.75. The quantitative estimate of drug-likeness (QED) is 0.929. The Morgan fingerprint density at radius 2 is 2.05 bits per heavy atom. The summed E-state index contributed by atoms with van der Waals surface area (Å²) < 4.78 is 23.3. The van der Waals surface area contributed by atoms with Crippen molar-refractivity contribution in [3.8, 4) is 0 Å². The van der Waals surface area contributed by atoms with Crippen molar-refractivity contribution in [2.45, 2.75) is 38.1 Å². The molecule has 3 nitrogen and oxygen atoms in total. The van der Waals surface area contributed by atoms with Crippen LogP contribution in [0.15, 0.2) is 24.3 Å². The molecule has 1 unspecified atom stereocenters. The normalized spacial score (nSPS) is 22.6. The van der Waals surface area contributed by atoms with Crippen LogP contribution in [-0.4, -0.2) is 32.5 Å². The second kappa shape index (κ2) is 6.04. The molecule has 1 aromatic carbocycles. The lowest BCUT2D eigenvalue weighted by Crippen LogP contribution is -2.45. The van der Waals surface area contributed by atoms with Gasteiger partial charge in [-0.15, -0.1) is 0 Å². The Balaban J connectivity index is 2.01. The van der Waals surface area contributed by atoms with E-state index in [-0.39, 0.29) is 17.2 Å². The van der Waals surface area contributed by atoms with Gasteiger partial charge in [-0.3, -0.25) is 0 Å². The highest BCUT2D eigenvalue weighted by Gasteiger charge is 2.28. The number of sulfone groups is 1. The molecule has 1 atom stereocenters. The van der Waals surface area contributed by atoms with Crippen molar-refractivity contribution in [3.63, 3.8) is 0 Å². The topological polar surface area (TPSA) is 46.2 Å². The van der Waals surface area contributed by atoms with Crippen molar-refractivity contribution >= 4 is 21.4 Å². The van der Waals surface area contributed by atoms with Crippen LogP contribution in [0.25, 0.3) is 0 Å². The third kappa shape index (κ3) is 3.96. The standard InChI is InChI=1S/C15H22ClNO2S/c1-15(2,13-7-3-4-8-14(13)16)11-17-12-6-5-9-20(18,19)10-12/h3-4,7-8,12,17H,5-6,9-11H2,1-2H3. The summed E-state index contributed by atoms with van der Waals surface area (Å²) in [7, 11) is -2.86. The van der Waals surface area contributed by atoms with Gasteiger partial charge in [-0.2, -0.15) is 0 Å². The van der Waals surface area contributed by atoms with Crippen LogP contribution in [0.5, 0.6) is 0 Å². The summed E-state index contributed by atoms with van der Waals surface area (Å²) >= 11 is 6.25. The van der Waals surface area contributed by atoms with E-state index in [0.717, 1.165) is 30.0 Å². The van der Waals surface area contributed by atoms with Gasteiger partial charge in [0.1, 0.15) is 0 Å². The van der Waals surface area contributed by atoms with Gasteiger partial charge in [0, 0.05) is 23.0 Å². The van der Waals surface area contributed by atoms with E-state index < -0.39 is 9.84 Å². The molecule has 1 saturated heterocycles. The zero-order valence-electron chi connectivity index (χ0n) is 12.0. The summed E-state index contributed by atoms with van der Waals surface area (Å²) in [6, 6.07) is 7.89. The fourth-order valence-electron chi connectivity index (χ4n) is 2.69. The van der Waals surface area contributed by atoms with Gasteiger partial charge < -0.3 is 5.32 Å². The van der Waals surface area contributed by atoms with Crippen molar-refractivity contribution in [1.82, 2.24) is 5.32 Å². The maximum absolute atomic E-state index is 11.6. The van der Waals surface area contributed by atoms with Crippen LogP contribution >= 0.6 is 11.6 Å². The van der Waals surface area contributed by atoms with Crippen molar-refractivity contribution in [2.24, 2.45) is 0 Å². The van der Waals surface area contributed by atoms with E-state index in [9.17, 15) is 8.42 Å². The minimum atomic E-state index is -2.86. The lowest BCUT2D eigenvalue weighted by Gasteiger charge is -2.31. The summed E-state index contributed by atoms with van der Waals surface area (Å²) in [5.74, 6) is 0.588. The highest BCUT2D eigenvalue weighted by molar-refractivity contribution is 7.91. The third-order valence-corrected chi connectivity index (χ3v) is 6.05. The Bertz CT molecular complexity index is 569. The molecule has 1 aliphatic heterocycles. The molecule has 0 bridgehead atoms. The van der Waals surface area contributed by atoms with Crippen LogP contribution in [0.4, 0.5) is 0 Å². The maximum Gasteiger partial charge on any atom is 0.151 e. The van der Waals surface area contributed by atoms with Gasteiger partial charge in [0.2, 0.25) is 0 Å². The molecule has 2 rings (SSSR count). The first-order valence-electron chi connectivity index (χ1n) is 6.99. The summed E-state index contributed by atoms with van der Waals surface area (Å²) in [6.45, 7) is 4.97. The van der Waals surface area contributed by atoms with E-state index in [2.05, 4.69) is 19.2 Å². The molecule has 1 heterocycles. The molecule has 20 heavy (non-hydrogen) atoms. The second-order valence-corrected chi connectivity index (χ2v) is 8.83. The molecule has 0 radical (unpaired) electrons. The number of hydrogen-bond donors (Lipinski definition) is 1. The molecular formula is C15H22ClNO2S. The monoisotopic (exact) mass is 315 g/mol. The number of halogens is 1. The van der Waals surface area contributed by atoms with Crippen molar-refractivity contribution in [1.29, 1.82) is 0 Å². The maximum atomic E-state index is 11.6. The molecule has 0 aromatic heterocycles. The van der Waals surface area contributed by atoms with Gasteiger partial charge in [0.15, 0.2) is 9.84 Å². The van der Waals surface area contributed by atoms with Gasteiger partial charge >= 0.3 is 0 Å². The number of hydrogen-bond acceptors (Lipinski definition) is 3. The number of benzene rings is 1. The van der Waals surface area contributed by atoms with E-state index >= 15 is 0 Å². The number of rotatable bonds is 4. The largest absolute Gasteiger partial charge is 0.312 e. The van der Waals surface area contributed by atoms with Crippen LogP contribution in [0.1, 0.15) is 32.3 Å². The Morgan fingerprint density at radius 3 is 2.70 bits per heavy atom. The van der Waals surface area contributed by atoms with Crippen molar-refractivity contribution in [3.05, 3.63) is 34.9 Å². The first-order valence-corrected chi connectivity index (χ1v) is 9.19. The molecule has 0 saturated carbocycles. The third-order valence-electron chi connectivity index (χ3n) is 3.90. The molecule has 1 N–H and O–H groups in total. The lowest BCUT2D eigenvalue weighted by atomic mass is 9.84. The van der Waals surface area contributed by atoms with E-state index in [4.69, 9.17) is 11.6 Å². The van der Waals surface area contributed by atoms with Gasteiger partial charge in [-0.05, 0) is 24.5 Å². The SMILES string of the molecule is CC(C)(CNC1CCCS(=O)(=O)C1)c1ccccc1Cl. The fraction of sp³-hybridized carbons (Fsp3) is 0.600. The molecule has 0 amide bonds. The van der Waals surface area contributed by atoms with Crippen LogP contribution in [0.3, 0.4) is 0 Å². The lowest BCUT2D eigenvalue weighted by molar-refractivity contribution is 0.408. The highest BCUT2D eigenvalue weighted by Crippen LogP contribution is 2.29.